The molecule has 0 bridgehead atoms. The molecule has 6 heteroatoms. The summed E-state index contributed by atoms with van der Waals surface area (Å²) >= 11 is 1.24. The molecule has 2 N–H and O–H groups in total. The zero-order valence-corrected chi connectivity index (χ0v) is 10.5. The monoisotopic (exact) mass is 261 g/mol. The first kappa shape index (κ1) is 12.3. The van der Waals surface area contributed by atoms with Crippen molar-refractivity contribution < 1.29 is 9.63 Å². The topological polar surface area (TPSA) is 77.6 Å². The molecule has 0 amide bonds. The van der Waals surface area contributed by atoms with E-state index in [-0.39, 0.29) is 5.71 Å². The van der Waals surface area contributed by atoms with Gasteiger partial charge in [0.1, 0.15) is 5.69 Å². The SMILES string of the molecule is Cc1ccc(ON=C(C=O)c2csc(N)n2)cc1. The molecule has 0 atom stereocenters. The molecule has 0 unspecified atom stereocenters. The molecule has 1 heterocycles. The molecular weight excluding hydrogens is 250 g/mol. The van der Waals surface area contributed by atoms with Gasteiger partial charge in [-0.15, -0.1) is 11.3 Å². The summed E-state index contributed by atoms with van der Waals surface area (Å²) in [5, 5.41) is 5.80. The van der Waals surface area contributed by atoms with Crippen LogP contribution in [0.5, 0.6) is 5.75 Å². The molecular formula is C12H11N3O2S. The van der Waals surface area contributed by atoms with Gasteiger partial charge in [-0.3, -0.25) is 4.79 Å². The van der Waals surface area contributed by atoms with Crippen LogP contribution < -0.4 is 10.6 Å². The highest BCUT2D eigenvalue weighted by Crippen LogP contribution is 2.14. The average molecular weight is 261 g/mol. The number of nitrogens with two attached hydrogens (primary N) is 1. The molecule has 0 spiro atoms. The van der Waals surface area contributed by atoms with E-state index in [9.17, 15) is 4.79 Å². The minimum atomic E-state index is 0.114. The molecule has 0 saturated heterocycles. The first-order valence-electron chi connectivity index (χ1n) is 5.17. The Morgan fingerprint density at radius 3 is 2.72 bits per heavy atom. The van der Waals surface area contributed by atoms with E-state index in [1.807, 2.05) is 19.1 Å². The van der Waals surface area contributed by atoms with Crippen LogP contribution in [-0.2, 0) is 4.79 Å². The van der Waals surface area contributed by atoms with Crippen molar-refractivity contribution in [2.75, 3.05) is 5.73 Å². The Hall–Kier alpha value is -2.21. The van der Waals surface area contributed by atoms with Crippen molar-refractivity contribution in [2.45, 2.75) is 6.92 Å². The van der Waals surface area contributed by atoms with E-state index >= 15 is 0 Å². The van der Waals surface area contributed by atoms with Gasteiger partial charge in [-0.05, 0) is 19.1 Å². The van der Waals surface area contributed by atoms with Crippen molar-refractivity contribution in [2.24, 2.45) is 5.16 Å². The number of nitrogen functional groups attached to an aromatic ring is 1. The van der Waals surface area contributed by atoms with Gasteiger partial charge < -0.3 is 10.6 Å². The third-order valence-corrected chi connectivity index (χ3v) is 2.84. The lowest BCUT2D eigenvalue weighted by Gasteiger charge is -1.99. The lowest BCUT2D eigenvalue weighted by Crippen LogP contribution is -2.05. The van der Waals surface area contributed by atoms with Crippen LogP contribution in [0.3, 0.4) is 0 Å². The molecule has 92 valence electrons. The van der Waals surface area contributed by atoms with Crippen molar-refractivity contribution in [3.63, 3.8) is 0 Å². The highest BCUT2D eigenvalue weighted by Gasteiger charge is 2.07. The Labute approximate surface area is 108 Å². The number of carbonyl (C=O) groups excluding carboxylic acids is 1. The predicted molar refractivity (Wildman–Crippen MR) is 70.9 cm³/mol. The van der Waals surface area contributed by atoms with Crippen molar-refractivity contribution >= 4 is 28.5 Å². The van der Waals surface area contributed by atoms with Gasteiger partial charge in [-0.2, -0.15) is 0 Å². The maximum Gasteiger partial charge on any atom is 0.180 e. The van der Waals surface area contributed by atoms with Crippen LogP contribution in [0.15, 0.2) is 34.8 Å². The molecule has 0 saturated carbocycles. The number of nitrogens with zero attached hydrogens (tertiary/aromatic N) is 2. The van der Waals surface area contributed by atoms with E-state index in [1.165, 1.54) is 11.3 Å². The molecule has 0 aliphatic rings. The average Bonchev–Trinajstić information content (AvgIpc) is 2.79. The Kier molecular flexibility index (Phi) is 3.69. The zero-order valence-electron chi connectivity index (χ0n) is 9.66. The number of aryl methyl sites for hydroxylation is 1. The number of carbonyl (C=O) groups is 1. The third kappa shape index (κ3) is 2.92. The van der Waals surface area contributed by atoms with Gasteiger partial charge in [-0.25, -0.2) is 4.98 Å². The summed E-state index contributed by atoms with van der Waals surface area (Å²) in [5.74, 6) is 0.558. The summed E-state index contributed by atoms with van der Waals surface area (Å²) in [6.45, 7) is 1.97. The van der Waals surface area contributed by atoms with E-state index < -0.39 is 0 Å². The predicted octanol–water partition coefficient (Wildman–Crippen LogP) is 2.02. The summed E-state index contributed by atoms with van der Waals surface area (Å²) in [7, 11) is 0. The van der Waals surface area contributed by atoms with Gasteiger partial charge in [0.25, 0.3) is 0 Å². The minimum Gasteiger partial charge on any atom is -0.375 e. The Morgan fingerprint density at radius 2 is 2.17 bits per heavy atom. The number of benzene rings is 1. The molecule has 0 radical (unpaired) electrons. The largest absolute Gasteiger partial charge is 0.375 e. The quantitative estimate of drug-likeness (QED) is 0.519. The maximum atomic E-state index is 10.9. The second-order valence-corrected chi connectivity index (χ2v) is 4.46. The van der Waals surface area contributed by atoms with E-state index in [2.05, 4.69) is 10.1 Å². The number of thiazole rings is 1. The lowest BCUT2D eigenvalue weighted by molar-refractivity contribution is -0.102. The zero-order chi connectivity index (χ0) is 13.0. The third-order valence-electron chi connectivity index (χ3n) is 2.17. The maximum absolute atomic E-state index is 10.9. The van der Waals surface area contributed by atoms with Gasteiger partial charge in [0.2, 0.25) is 0 Å². The van der Waals surface area contributed by atoms with Crippen LogP contribution in [0, 0.1) is 6.92 Å². The van der Waals surface area contributed by atoms with Crippen molar-refractivity contribution in [1.82, 2.24) is 4.98 Å². The fraction of sp³-hybridized carbons (Fsp3) is 0.0833. The van der Waals surface area contributed by atoms with E-state index in [4.69, 9.17) is 10.6 Å². The fourth-order valence-electron chi connectivity index (χ4n) is 1.23. The number of aromatic nitrogens is 1. The molecule has 2 aromatic rings. The highest BCUT2D eigenvalue weighted by molar-refractivity contribution is 7.13. The first-order valence-corrected chi connectivity index (χ1v) is 6.05. The molecule has 1 aromatic heterocycles. The van der Waals surface area contributed by atoms with Gasteiger partial charge in [-0.1, -0.05) is 22.9 Å². The van der Waals surface area contributed by atoms with E-state index in [0.717, 1.165) is 5.56 Å². The fourth-order valence-corrected chi connectivity index (χ4v) is 1.79. The second kappa shape index (κ2) is 5.42. The second-order valence-electron chi connectivity index (χ2n) is 3.57. The highest BCUT2D eigenvalue weighted by atomic mass is 32.1. The van der Waals surface area contributed by atoms with Gasteiger partial charge in [0.15, 0.2) is 22.9 Å². The number of oxime groups is 1. The van der Waals surface area contributed by atoms with Crippen molar-refractivity contribution in [3.8, 4) is 5.75 Å². The summed E-state index contributed by atoms with van der Waals surface area (Å²) < 4.78 is 0. The van der Waals surface area contributed by atoms with Crippen LogP contribution in [0.4, 0.5) is 5.13 Å². The summed E-state index contributed by atoms with van der Waals surface area (Å²) in [5.41, 5.74) is 7.14. The molecule has 5 nitrogen and oxygen atoms in total. The van der Waals surface area contributed by atoms with Crippen LogP contribution >= 0.6 is 11.3 Å². The Bertz CT molecular complexity index is 575. The molecule has 0 aliphatic heterocycles. The standard InChI is InChI=1S/C12H11N3O2S/c1-8-2-4-9(5-3-8)17-15-10(6-16)11-7-18-12(13)14-11/h2-7H,1H3,(H2,13,14). The minimum absolute atomic E-state index is 0.114. The van der Waals surface area contributed by atoms with Crippen LogP contribution in [0.25, 0.3) is 0 Å². The summed E-state index contributed by atoms with van der Waals surface area (Å²) in [6, 6.07) is 7.34. The normalized spacial score (nSPS) is 11.3. The smallest absolute Gasteiger partial charge is 0.180 e. The van der Waals surface area contributed by atoms with Crippen LogP contribution in [-0.4, -0.2) is 17.0 Å². The van der Waals surface area contributed by atoms with Crippen molar-refractivity contribution in [1.29, 1.82) is 0 Å². The molecule has 0 aliphatic carbocycles. The van der Waals surface area contributed by atoms with Crippen LogP contribution in [0.2, 0.25) is 0 Å². The number of aldehydes is 1. The number of hydrogen-bond acceptors (Lipinski definition) is 6. The summed E-state index contributed by atoms with van der Waals surface area (Å²) in [6.07, 6.45) is 0.586. The first-order chi connectivity index (χ1) is 8.69. The Balaban J connectivity index is 2.15. The van der Waals surface area contributed by atoms with E-state index in [1.54, 1.807) is 17.5 Å². The van der Waals surface area contributed by atoms with E-state index in [0.29, 0.717) is 22.9 Å². The van der Waals surface area contributed by atoms with Gasteiger partial charge in [0, 0.05) is 5.38 Å². The number of rotatable bonds is 4. The lowest BCUT2D eigenvalue weighted by atomic mass is 10.2. The van der Waals surface area contributed by atoms with Gasteiger partial charge in [0.05, 0.1) is 0 Å². The van der Waals surface area contributed by atoms with Gasteiger partial charge >= 0.3 is 0 Å². The van der Waals surface area contributed by atoms with Crippen LogP contribution in [0.1, 0.15) is 11.3 Å². The van der Waals surface area contributed by atoms with Crippen molar-refractivity contribution in [3.05, 3.63) is 40.9 Å². The number of hydrogen-bond donors (Lipinski definition) is 1. The molecule has 1 aromatic carbocycles. The Morgan fingerprint density at radius 1 is 1.44 bits per heavy atom. The number of anilines is 1. The summed E-state index contributed by atoms with van der Waals surface area (Å²) in [4.78, 5) is 20.0. The molecule has 2 rings (SSSR count). The molecule has 0 fully saturated rings. The molecule has 18 heavy (non-hydrogen) atoms.